The fraction of sp³-hybridized carbons (Fsp3) is 0.480. The van der Waals surface area contributed by atoms with Crippen molar-refractivity contribution in [2.45, 2.75) is 52.2 Å². The molecule has 2 amide bonds. The zero-order valence-corrected chi connectivity index (χ0v) is 19.4. The number of amides is 2. The molecule has 0 bridgehead atoms. The van der Waals surface area contributed by atoms with E-state index >= 15 is 0 Å². The van der Waals surface area contributed by atoms with Crippen LogP contribution >= 0.6 is 0 Å². The van der Waals surface area contributed by atoms with E-state index in [4.69, 9.17) is 9.47 Å². The van der Waals surface area contributed by atoms with Crippen LogP contribution in [0.25, 0.3) is 0 Å². The van der Waals surface area contributed by atoms with Gasteiger partial charge in [-0.15, -0.1) is 0 Å². The Kier molecular flexibility index (Phi) is 7.80. The number of hydrogen-bond acceptors (Lipinski definition) is 3. The van der Waals surface area contributed by atoms with E-state index < -0.39 is 0 Å². The molecule has 1 aliphatic rings. The molecular formula is C25H36N3O3+. The molecule has 0 aliphatic carbocycles. The summed E-state index contributed by atoms with van der Waals surface area (Å²) in [4.78, 5) is 13.9. The predicted octanol–water partition coefficient (Wildman–Crippen LogP) is 2.79. The quantitative estimate of drug-likeness (QED) is 0.608. The van der Waals surface area contributed by atoms with E-state index in [9.17, 15) is 4.79 Å². The Bertz CT molecular complexity index is 900. The van der Waals surface area contributed by atoms with Crippen molar-refractivity contribution in [3.05, 3.63) is 58.7 Å². The van der Waals surface area contributed by atoms with E-state index in [0.717, 1.165) is 37.4 Å². The predicted molar refractivity (Wildman–Crippen MR) is 123 cm³/mol. The molecule has 0 aromatic heterocycles. The molecule has 3 N–H and O–H groups in total. The first-order chi connectivity index (χ1) is 15.0. The number of hydrogen-bond donors (Lipinski definition) is 3. The zero-order valence-electron chi connectivity index (χ0n) is 19.4. The molecule has 3 rings (SSSR count). The smallest absolute Gasteiger partial charge is 0.315 e. The molecule has 1 heterocycles. The van der Waals surface area contributed by atoms with Crippen molar-refractivity contribution in [3.8, 4) is 11.5 Å². The molecule has 6 nitrogen and oxygen atoms in total. The molecule has 0 saturated carbocycles. The number of aryl methyl sites for hydroxylation is 1. The Hall–Kier alpha value is -2.73. The molecule has 0 radical (unpaired) electrons. The number of urea groups is 1. The number of ether oxygens (including phenoxy) is 2. The summed E-state index contributed by atoms with van der Waals surface area (Å²) in [5.41, 5.74) is 5.12. The lowest BCUT2D eigenvalue weighted by atomic mass is 9.87. The van der Waals surface area contributed by atoms with Gasteiger partial charge in [0, 0.05) is 24.1 Å². The Balaban J connectivity index is 1.95. The molecule has 1 unspecified atom stereocenters. The summed E-state index contributed by atoms with van der Waals surface area (Å²) >= 11 is 0. The van der Waals surface area contributed by atoms with Gasteiger partial charge in [0.05, 0.1) is 26.8 Å². The van der Waals surface area contributed by atoms with Crippen LogP contribution in [0.3, 0.4) is 0 Å². The largest absolute Gasteiger partial charge is 0.493 e. The molecular weight excluding hydrogens is 390 g/mol. The lowest BCUT2D eigenvalue weighted by Crippen LogP contribution is -3.13. The molecule has 2 aromatic carbocycles. The summed E-state index contributed by atoms with van der Waals surface area (Å²) in [7, 11) is 3.34. The van der Waals surface area contributed by atoms with Gasteiger partial charge in [0.2, 0.25) is 0 Å². The van der Waals surface area contributed by atoms with Gasteiger partial charge in [0.25, 0.3) is 0 Å². The van der Waals surface area contributed by atoms with Gasteiger partial charge in [-0.3, -0.25) is 0 Å². The number of nitrogens with one attached hydrogen (secondary N) is 3. The first kappa shape index (κ1) is 22.9. The van der Waals surface area contributed by atoms with Gasteiger partial charge >= 0.3 is 6.03 Å². The third-order valence-electron chi connectivity index (χ3n) is 6.21. The van der Waals surface area contributed by atoms with Crippen molar-refractivity contribution in [3.63, 3.8) is 0 Å². The van der Waals surface area contributed by atoms with Crippen molar-refractivity contribution >= 4 is 6.03 Å². The fourth-order valence-electron chi connectivity index (χ4n) is 4.57. The maximum absolute atomic E-state index is 12.4. The van der Waals surface area contributed by atoms with E-state index in [2.05, 4.69) is 67.8 Å². The number of carbonyl (C=O) groups is 1. The van der Waals surface area contributed by atoms with E-state index in [1.165, 1.54) is 27.2 Å². The van der Waals surface area contributed by atoms with Crippen LogP contribution in [0.5, 0.6) is 11.5 Å². The van der Waals surface area contributed by atoms with Gasteiger partial charge in [-0.25, -0.2) is 4.79 Å². The van der Waals surface area contributed by atoms with Gasteiger partial charge in [0.1, 0.15) is 12.6 Å². The lowest BCUT2D eigenvalue weighted by Gasteiger charge is -2.38. The molecule has 3 atom stereocenters. The Morgan fingerprint density at radius 3 is 2.58 bits per heavy atom. The number of fused-ring (bicyclic) bond motifs is 1. The molecule has 2 aromatic rings. The van der Waals surface area contributed by atoms with Crippen LogP contribution in [-0.2, 0) is 13.0 Å². The Morgan fingerprint density at radius 2 is 1.90 bits per heavy atom. The molecule has 0 fully saturated rings. The molecule has 31 heavy (non-hydrogen) atoms. The number of rotatable bonds is 8. The first-order valence-electron chi connectivity index (χ1n) is 11.2. The van der Waals surface area contributed by atoms with E-state index in [-0.39, 0.29) is 18.1 Å². The van der Waals surface area contributed by atoms with E-state index in [1.807, 2.05) is 0 Å². The Morgan fingerprint density at radius 1 is 1.19 bits per heavy atom. The number of carbonyl (C=O) groups excluding carboxylic acids is 1. The van der Waals surface area contributed by atoms with Crippen molar-refractivity contribution in [1.29, 1.82) is 0 Å². The van der Waals surface area contributed by atoms with Crippen molar-refractivity contribution in [2.24, 2.45) is 0 Å². The van der Waals surface area contributed by atoms with Gasteiger partial charge in [-0.1, -0.05) is 31.2 Å². The van der Waals surface area contributed by atoms with Crippen LogP contribution in [-0.4, -0.2) is 39.4 Å². The number of quaternary nitrogens is 1. The zero-order chi connectivity index (χ0) is 22.4. The summed E-state index contributed by atoms with van der Waals surface area (Å²) in [6.45, 7) is 8.88. The van der Waals surface area contributed by atoms with Crippen LogP contribution in [0.4, 0.5) is 4.79 Å². The monoisotopic (exact) mass is 426 g/mol. The SMILES string of the molecule is CCCNC(=O)N[C@H](C)[C@@H]1c2cc(OC)c(OC)cc2CC[NH+]1Cc1ccccc1C. The summed E-state index contributed by atoms with van der Waals surface area (Å²) in [5, 5.41) is 6.12. The highest BCUT2D eigenvalue weighted by Crippen LogP contribution is 2.35. The highest BCUT2D eigenvalue weighted by Gasteiger charge is 2.37. The van der Waals surface area contributed by atoms with E-state index in [1.54, 1.807) is 14.2 Å². The minimum Gasteiger partial charge on any atom is -0.493 e. The fourth-order valence-corrected chi connectivity index (χ4v) is 4.57. The van der Waals surface area contributed by atoms with Crippen molar-refractivity contribution in [1.82, 2.24) is 10.6 Å². The second-order valence-electron chi connectivity index (χ2n) is 8.33. The topological polar surface area (TPSA) is 64.0 Å². The van der Waals surface area contributed by atoms with Crippen LogP contribution < -0.4 is 25.0 Å². The van der Waals surface area contributed by atoms with Crippen LogP contribution in [0, 0.1) is 6.92 Å². The molecule has 6 heteroatoms. The third kappa shape index (κ3) is 5.31. The highest BCUT2D eigenvalue weighted by molar-refractivity contribution is 5.74. The maximum Gasteiger partial charge on any atom is 0.315 e. The maximum atomic E-state index is 12.4. The number of benzene rings is 2. The average molecular weight is 427 g/mol. The summed E-state index contributed by atoms with van der Waals surface area (Å²) < 4.78 is 11.1. The van der Waals surface area contributed by atoms with Crippen LogP contribution in [0.15, 0.2) is 36.4 Å². The second-order valence-corrected chi connectivity index (χ2v) is 8.33. The van der Waals surface area contributed by atoms with Crippen LogP contribution in [0.2, 0.25) is 0 Å². The highest BCUT2D eigenvalue weighted by atomic mass is 16.5. The van der Waals surface area contributed by atoms with Crippen molar-refractivity contribution in [2.75, 3.05) is 27.3 Å². The molecule has 168 valence electrons. The molecule has 0 saturated heterocycles. The normalized spacial score (nSPS) is 18.6. The van der Waals surface area contributed by atoms with Gasteiger partial charge in [0.15, 0.2) is 11.5 Å². The average Bonchev–Trinajstić information content (AvgIpc) is 2.77. The minimum atomic E-state index is -0.114. The summed E-state index contributed by atoms with van der Waals surface area (Å²) in [6.07, 6.45) is 1.87. The van der Waals surface area contributed by atoms with Gasteiger partial charge in [-0.05, 0) is 43.5 Å². The van der Waals surface area contributed by atoms with Gasteiger partial charge < -0.3 is 25.0 Å². The second kappa shape index (κ2) is 10.5. The number of methoxy groups -OCH3 is 2. The van der Waals surface area contributed by atoms with Crippen LogP contribution in [0.1, 0.15) is 48.6 Å². The lowest BCUT2D eigenvalue weighted by molar-refractivity contribution is -0.948. The van der Waals surface area contributed by atoms with E-state index in [0.29, 0.717) is 6.54 Å². The third-order valence-corrected chi connectivity index (χ3v) is 6.21. The van der Waals surface area contributed by atoms with Crippen molar-refractivity contribution < 1.29 is 19.2 Å². The summed E-state index contributed by atoms with van der Waals surface area (Å²) in [6, 6.07) is 12.7. The molecule has 1 aliphatic heterocycles. The minimum absolute atomic E-state index is 0.0481. The summed E-state index contributed by atoms with van der Waals surface area (Å²) in [5.74, 6) is 1.48. The Labute approximate surface area is 185 Å². The standard InChI is InChI=1S/C25H35N3O3/c1-6-12-26-25(29)27-18(3)24-21-15-23(31-5)22(30-4)14-19(21)11-13-28(24)16-20-10-8-7-9-17(20)2/h7-10,14-15,18,24H,6,11-13,16H2,1-5H3,(H2,26,27,29)/p+1/t18-,24-/m1/s1. The first-order valence-corrected chi connectivity index (χ1v) is 11.2. The van der Waals surface area contributed by atoms with Gasteiger partial charge in [-0.2, -0.15) is 0 Å². The molecule has 0 spiro atoms.